The van der Waals surface area contributed by atoms with Crippen LogP contribution in [0, 0.1) is 0 Å². The molecular weight excluding hydrogens is 186 g/mol. The van der Waals surface area contributed by atoms with Crippen LogP contribution in [-0.4, -0.2) is 38.1 Å². The molecule has 0 saturated heterocycles. The van der Waals surface area contributed by atoms with Crippen LogP contribution in [0.25, 0.3) is 0 Å². The summed E-state index contributed by atoms with van der Waals surface area (Å²) in [4.78, 5) is 10.2. The number of rotatable bonds is 4. The molecule has 2 N–H and O–H groups in total. The highest BCUT2D eigenvalue weighted by molar-refractivity contribution is 5.67. The molecule has 13 heavy (non-hydrogen) atoms. The van der Waals surface area contributed by atoms with E-state index in [2.05, 4.69) is 15.4 Å². The van der Waals surface area contributed by atoms with E-state index >= 15 is 0 Å². The van der Waals surface area contributed by atoms with Crippen LogP contribution < -0.4 is 0 Å². The van der Waals surface area contributed by atoms with Gasteiger partial charge in [-0.1, -0.05) is 5.21 Å². The maximum Gasteiger partial charge on any atom is 0.304 e. The molecule has 0 amide bonds. The Balaban J connectivity index is 2.74. The van der Waals surface area contributed by atoms with E-state index in [9.17, 15) is 13.6 Å². The lowest BCUT2D eigenvalue weighted by atomic mass is 10.1. The molecule has 72 valence electrons. The van der Waals surface area contributed by atoms with Crippen LogP contribution in [0.4, 0.5) is 8.78 Å². The molecule has 6 nitrogen and oxygen atoms in total. The summed E-state index contributed by atoms with van der Waals surface area (Å²) < 4.78 is 24.5. The Morgan fingerprint density at radius 3 is 2.69 bits per heavy atom. The Kier molecular flexibility index (Phi) is 2.83. The Labute approximate surface area is 71.0 Å². The van der Waals surface area contributed by atoms with Gasteiger partial charge < -0.3 is 5.11 Å². The zero-order valence-electron chi connectivity index (χ0n) is 6.31. The van der Waals surface area contributed by atoms with Gasteiger partial charge in [-0.15, -0.1) is 10.2 Å². The highest BCUT2D eigenvalue weighted by Gasteiger charge is 2.28. The Morgan fingerprint density at radius 2 is 2.31 bits per heavy atom. The molecule has 0 aromatic carbocycles. The van der Waals surface area contributed by atoms with E-state index in [4.69, 9.17) is 5.11 Å². The maximum absolute atomic E-state index is 12.2. The number of carboxylic acid groups (broad SMARTS) is 1. The monoisotopic (exact) mass is 192 g/mol. The normalized spacial score (nSPS) is 13.2. The molecule has 0 aliphatic rings. The number of hydrogen-bond donors (Lipinski definition) is 2. The molecule has 0 radical (unpaired) electrons. The second-order valence-electron chi connectivity index (χ2n) is 2.31. The minimum atomic E-state index is -2.81. The molecule has 1 unspecified atom stereocenters. The van der Waals surface area contributed by atoms with Crippen molar-refractivity contribution in [2.24, 2.45) is 0 Å². The van der Waals surface area contributed by atoms with E-state index in [1.54, 1.807) is 0 Å². The number of aromatic amines is 1. The number of aliphatic carboxylic acids is 1. The molecule has 1 heterocycles. The Bertz CT molecular complexity index is 276. The summed E-state index contributed by atoms with van der Waals surface area (Å²) in [5.74, 6) is -3.11. The molecule has 1 aromatic rings. The SMILES string of the molecule is O=C(O)CC(c1nn[nH]n1)C(F)F. The number of nitrogens with zero attached hydrogens (tertiary/aromatic N) is 3. The van der Waals surface area contributed by atoms with E-state index in [0.717, 1.165) is 0 Å². The van der Waals surface area contributed by atoms with Crippen molar-refractivity contribution < 1.29 is 18.7 Å². The van der Waals surface area contributed by atoms with Crippen molar-refractivity contribution in [3.05, 3.63) is 5.82 Å². The summed E-state index contributed by atoms with van der Waals surface area (Å²) in [6, 6.07) is 0. The summed E-state index contributed by atoms with van der Waals surface area (Å²) in [5, 5.41) is 20.0. The van der Waals surface area contributed by atoms with Crippen molar-refractivity contribution in [1.29, 1.82) is 0 Å². The largest absolute Gasteiger partial charge is 0.481 e. The summed E-state index contributed by atoms with van der Waals surface area (Å²) >= 11 is 0. The van der Waals surface area contributed by atoms with Crippen LogP contribution in [0.5, 0.6) is 0 Å². The van der Waals surface area contributed by atoms with Gasteiger partial charge in [-0.3, -0.25) is 4.79 Å². The predicted molar refractivity (Wildman–Crippen MR) is 35.2 cm³/mol. The van der Waals surface area contributed by atoms with E-state index in [0.29, 0.717) is 0 Å². The lowest BCUT2D eigenvalue weighted by molar-refractivity contribution is -0.138. The summed E-state index contributed by atoms with van der Waals surface area (Å²) in [6.07, 6.45) is -3.52. The first-order chi connectivity index (χ1) is 6.11. The van der Waals surface area contributed by atoms with Crippen molar-refractivity contribution in [2.75, 3.05) is 0 Å². The molecule has 0 saturated carbocycles. The van der Waals surface area contributed by atoms with Crippen LogP contribution in [0.3, 0.4) is 0 Å². The second-order valence-corrected chi connectivity index (χ2v) is 2.31. The van der Waals surface area contributed by atoms with E-state index in [1.807, 2.05) is 5.21 Å². The number of aromatic nitrogens is 4. The van der Waals surface area contributed by atoms with Gasteiger partial charge in [0.25, 0.3) is 0 Å². The summed E-state index contributed by atoms with van der Waals surface area (Å²) in [5.41, 5.74) is 0. The predicted octanol–water partition coefficient (Wildman–Crippen LogP) is 0.0231. The van der Waals surface area contributed by atoms with E-state index in [-0.39, 0.29) is 5.82 Å². The van der Waals surface area contributed by atoms with Crippen LogP contribution in [0.2, 0.25) is 0 Å². The van der Waals surface area contributed by atoms with Crippen LogP contribution in [0.15, 0.2) is 0 Å². The van der Waals surface area contributed by atoms with Crippen molar-refractivity contribution in [1.82, 2.24) is 20.6 Å². The third-order valence-electron chi connectivity index (χ3n) is 1.39. The first-order valence-corrected chi connectivity index (χ1v) is 3.34. The molecule has 0 fully saturated rings. The molecule has 1 aromatic heterocycles. The Morgan fingerprint density at radius 1 is 1.62 bits per heavy atom. The lowest BCUT2D eigenvalue weighted by Gasteiger charge is -2.07. The van der Waals surface area contributed by atoms with Crippen LogP contribution >= 0.6 is 0 Å². The standard InChI is InChI=1S/C5H6F2N4O2/c6-4(7)2(1-3(12)13)5-8-10-11-9-5/h2,4H,1H2,(H,12,13)(H,8,9,10,11). The van der Waals surface area contributed by atoms with Crippen LogP contribution in [0.1, 0.15) is 18.2 Å². The highest BCUT2D eigenvalue weighted by atomic mass is 19.3. The van der Waals surface area contributed by atoms with Crippen molar-refractivity contribution in [3.63, 3.8) is 0 Å². The van der Waals surface area contributed by atoms with Gasteiger partial charge >= 0.3 is 5.97 Å². The quantitative estimate of drug-likeness (QED) is 0.701. The molecule has 0 aliphatic carbocycles. The van der Waals surface area contributed by atoms with Gasteiger partial charge in [-0.05, 0) is 0 Å². The minimum Gasteiger partial charge on any atom is -0.481 e. The van der Waals surface area contributed by atoms with Gasteiger partial charge in [0.2, 0.25) is 6.43 Å². The number of alkyl halides is 2. The van der Waals surface area contributed by atoms with Crippen molar-refractivity contribution >= 4 is 5.97 Å². The molecule has 0 spiro atoms. The van der Waals surface area contributed by atoms with Gasteiger partial charge in [0.15, 0.2) is 5.82 Å². The number of halogens is 2. The van der Waals surface area contributed by atoms with E-state index in [1.165, 1.54) is 0 Å². The van der Waals surface area contributed by atoms with Gasteiger partial charge in [0.1, 0.15) is 0 Å². The lowest BCUT2D eigenvalue weighted by Crippen LogP contribution is -2.15. The average Bonchev–Trinajstić information content (AvgIpc) is 2.50. The summed E-state index contributed by atoms with van der Waals surface area (Å²) in [7, 11) is 0. The zero-order chi connectivity index (χ0) is 9.84. The van der Waals surface area contributed by atoms with Gasteiger partial charge in [0.05, 0.1) is 12.3 Å². The maximum atomic E-state index is 12.2. The van der Waals surface area contributed by atoms with E-state index < -0.39 is 24.7 Å². The third kappa shape index (κ3) is 2.42. The second kappa shape index (κ2) is 3.87. The number of hydrogen-bond acceptors (Lipinski definition) is 4. The van der Waals surface area contributed by atoms with Crippen molar-refractivity contribution in [2.45, 2.75) is 18.8 Å². The number of H-pyrrole nitrogens is 1. The molecular formula is C5H6F2N4O2. The third-order valence-corrected chi connectivity index (χ3v) is 1.39. The fourth-order valence-corrected chi connectivity index (χ4v) is 0.808. The van der Waals surface area contributed by atoms with Gasteiger partial charge in [0, 0.05) is 0 Å². The Hall–Kier alpha value is -1.60. The smallest absolute Gasteiger partial charge is 0.304 e. The molecule has 1 atom stereocenters. The van der Waals surface area contributed by atoms with Gasteiger partial charge in [-0.2, -0.15) is 5.21 Å². The molecule has 0 aliphatic heterocycles. The molecule has 8 heteroatoms. The average molecular weight is 192 g/mol. The summed E-state index contributed by atoms with van der Waals surface area (Å²) in [6.45, 7) is 0. The fraction of sp³-hybridized carbons (Fsp3) is 0.600. The van der Waals surface area contributed by atoms with Crippen LogP contribution in [-0.2, 0) is 4.79 Å². The number of carboxylic acids is 1. The minimum absolute atomic E-state index is 0.280. The first kappa shape index (κ1) is 9.49. The number of carbonyl (C=O) groups is 1. The number of nitrogens with one attached hydrogen (secondary N) is 1. The fourth-order valence-electron chi connectivity index (χ4n) is 0.808. The zero-order valence-corrected chi connectivity index (χ0v) is 6.31. The van der Waals surface area contributed by atoms with Gasteiger partial charge in [-0.25, -0.2) is 8.78 Å². The first-order valence-electron chi connectivity index (χ1n) is 3.34. The highest BCUT2D eigenvalue weighted by Crippen LogP contribution is 2.22. The molecule has 0 bridgehead atoms. The number of tetrazole rings is 1. The van der Waals surface area contributed by atoms with Crippen molar-refractivity contribution in [3.8, 4) is 0 Å². The molecule has 1 rings (SSSR count). The topological polar surface area (TPSA) is 91.8 Å².